The Morgan fingerprint density at radius 2 is 1.63 bits per heavy atom. The number of aryl methyl sites for hydroxylation is 4. The molecule has 0 saturated carbocycles. The van der Waals surface area contributed by atoms with Crippen molar-refractivity contribution >= 4 is 28.5 Å². The molecule has 3 aromatic carbocycles. The maximum absolute atomic E-state index is 6.53. The highest BCUT2D eigenvalue weighted by Gasteiger charge is 2.29. The second kappa shape index (κ2) is 12.0. The third kappa shape index (κ3) is 5.61. The standard InChI is InChI=1S/C37H42N4OS/c1-23(2)28-11-7-8-13-31(28)38-36(43)35-34(27-17-14-25(5)15-18-27)30-12-9-10-20-40-33(39-41(35)37(30)40)22-42-32-21-26(6)16-19-29(32)24(3)4/h7-8,11,13-19,21,23-24H,9-10,12,20,22H2,1-6H3,(H,38,43). The van der Waals surface area contributed by atoms with E-state index in [2.05, 4.69) is 123 Å². The second-order valence-corrected chi connectivity index (χ2v) is 12.9. The van der Waals surface area contributed by atoms with Crippen molar-refractivity contribution in [2.45, 2.75) is 85.8 Å². The Morgan fingerprint density at radius 3 is 2.37 bits per heavy atom. The number of ether oxygens (including phenoxy) is 1. The van der Waals surface area contributed by atoms with Gasteiger partial charge in [-0.25, -0.2) is 4.52 Å². The van der Waals surface area contributed by atoms with E-state index in [0.717, 1.165) is 54.4 Å². The molecule has 0 bridgehead atoms. The van der Waals surface area contributed by atoms with Crippen LogP contribution in [0.5, 0.6) is 5.75 Å². The first-order valence-electron chi connectivity index (χ1n) is 15.6. The van der Waals surface area contributed by atoms with E-state index in [9.17, 15) is 0 Å². The fourth-order valence-electron chi connectivity index (χ4n) is 6.33. The van der Waals surface area contributed by atoms with E-state index in [0.29, 0.717) is 23.4 Å². The average molecular weight is 591 g/mol. The van der Waals surface area contributed by atoms with E-state index >= 15 is 0 Å². The summed E-state index contributed by atoms with van der Waals surface area (Å²) in [5.41, 5.74) is 11.7. The molecule has 0 fully saturated rings. The highest BCUT2D eigenvalue weighted by atomic mass is 32.1. The molecule has 6 rings (SSSR count). The number of nitrogens with zero attached hydrogens (tertiary/aromatic N) is 3. The van der Waals surface area contributed by atoms with Crippen molar-refractivity contribution in [1.82, 2.24) is 14.2 Å². The van der Waals surface area contributed by atoms with Crippen molar-refractivity contribution in [2.24, 2.45) is 0 Å². The molecule has 0 unspecified atom stereocenters. The van der Waals surface area contributed by atoms with Gasteiger partial charge in [0.1, 0.15) is 28.7 Å². The zero-order valence-electron chi connectivity index (χ0n) is 26.2. The molecule has 5 aromatic rings. The van der Waals surface area contributed by atoms with Crippen LogP contribution in [0.3, 0.4) is 0 Å². The highest BCUT2D eigenvalue weighted by Crippen LogP contribution is 2.38. The quantitative estimate of drug-likeness (QED) is 0.183. The molecule has 1 aliphatic heterocycles. The Kier molecular flexibility index (Phi) is 8.15. The van der Waals surface area contributed by atoms with Crippen molar-refractivity contribution in [3.63, 3.8) is 0 Å². The van der Waals surface area contributed by atoms with Crippen LogP contribution < -0.4 is 10.1 Å². The number of para-hydroxylation sites is 1. The summed E-state index contributed by atoms with van der Waals surface area (Å²) < 4.78 is 11.0. The van der Waals surface area contributed by atoms with Crippen LogP contribution in [-0.2, 0) is 19.6 Å². The summed E-state index contributed by atoms with van der Waals surface area (Å²) in [6.45, 7) is 14.4. The van der Waals surface area contributed by atoms with Gasteiger partial charge in [-0.1, -0.05) is 100 Å². The SMILES string of the molecule is Cc1ccc(-c2c3c4n(c(COc5cc(C)ccc5C(C)C)nn4c2C(=S)Nc2ccccc2C(C)C)CCCC3)cc1. The summed E-state index contributed by atoms with van der Waals surface area (Å²) in [7, 11) is 0. The van der Waals surface area contributed by atoms with Crippen molar-refractivity contribution in [2.75, 3.05) is 5.32 Å². The molecule has 3 heterocycles. The number of rotatable bonds is 8. The Labute approximate surface area is 260 Å². The number of hydrogen-bond acceptors (Lipinski definition) is 3. The van der Waals surface area contributed by atoms with Crippen LogP contribution in [0.1, 0.15) is 91.7 Å². The maximum atomic E-state index is 6.53. The lowest BCUT2D eigenvalue weighted by molar-refractivity contribution is 0.284. The van der Waals surface area contributed by atoms with Crippen LogP contribution in [0.2, 0.25) is 0 Å². The van der Waals surface area contributed by atoms with Crippen molar-refractivity contribution in [3.8, 4) is 16.9 Å². The molecule has 0 amide bonds. The Bertz CT molecular complexity index is 1790. The first kappa shape index (κ1) is 29.2. The van der Waals surface area contributed by atoms with Gasteiger partial charge in [0.15, 0.2) is 5.82 Å². The summed E-state index contributed by atoms with van der Waals surface area (Å²) in [6.07, 6.45) is 3.20. The fourth-order valence-corrected chi connectivity index (χ4v) is 6.63. The third-order valence-corrected chi connectivity index (χ3v) is 8.89. The lowest BCUT2D eigenvalue weighted by Gasteiger charge is -2.16. The molecule has 1 aliphatic rings. The Morgan fingerprint density at radius 1 is 0.907 bits per heavy atom. The number of anilines is 1. The molecule has 0 aliphatic carbocycles. The number of hydrogen-bond donors (Lipinski definition) is 1. The summed E-state index contributed by atoms with van der Waals surface area (Å²) in [5.74, 6) is 2.61. The predicted molar refractivity (Wildman–Crippen MR) is 182 cm³/mol. The molecule has 6 heteroatoms. The van der Waals surface area contributed by atoms with Crippen molar-refractivity contribution in [1.29, 1.82) is 0 Å². The lowest BCUT2D eigenvalue weighted by atomic mass is 9.97. The monoisotopic (exact) mass is 590 g/mol. The van der Waals surface area contributed by atoms with E-state index in [-0.39, 0.29) is 0 Å². The van der Waals surface area contributed by atoms with Gasteiger partial charge in [0.25, 0.3) is 0 Å². The van der Waals surface area contributed by atoms with Crippen LogP contribution in [-0.4, -0.2) is 19.2 Å². The topological polar surface area (TPSA) is 43.5 Å². The Balaban J connectivity index is 1.49. The Hall–Kier alpha value is -3.90. The largest absolute Gasteiger partial charge is 0.485 e. The minimum Gasteiger partial charge on any atom is -0.485 e. The first-order valence-corrected chi connectivity index (χ1v) is 16.0. The second-order valence-electron chi connectivity index (χ2n) is 12.5. The maximum Gasteiger partial charge on any atom is 0.169 e. The molecule has 0 saturated heterocycles. The molecule has 0 spiro atoms. The minimum absolute atomic E-state index is 0.372. The number of nitrogens with one attached hydrogen (secondary N) is 1. The zero-order valence-corrected chi connectivity index (χ0v) is 27.0. The van der Waals surface area contributed by atoms with Crippen LogP contribution in [0, 0.1) is 13.8 Å². The van der Waals surface area contributed by atoms with Gasteiger partial charge < -0.3 is 14.6 Å². The molecule has 2 aromatic heterocycles. The molecule has 222 valence electrons. The summed E-state index contributed by atoms with van der Waals surface area (Å²) >= 11 is 6.25. The molecule has 0 atom stereocenters. The van der Waals surface area contributed by atoms with E-state index in [4.69, 9.17) is 22.1 Å². The summed E-state index contributed by atoms with van der Waals surface area (Å²) in [6, 6.07) is 23.8. The molecular weight excluding hydrogens is 549 g/mol. The van der Waals surface area contributed by atoms with E-state index in [1.807, 2.05) is 0 Å². The smallest absolute Gasteiger partial charge is 0.169 e. The lowest BCUT2D eigenvalue weighted by Crippen LogP contribution is -2.16. The zero-order chi connectivity index (χ0) is 30.2. The van der Waals surface area contributed by atoms with Gasteiger partial charge in [0.2, 0.25) is 0 Å². The molecule has 0 radical (unpaired) electrons. The van der Waals surface area contributed by atoms with Crippen LogP contribution >= 0.6 is 12.2 Å². The number of benzene rings is 3. The number of aromatic nitrogens is 3. The van der Waals surface area contributed by atoms with Gasteiger partial charge in [-0.3, -0.25) is 0 Å². The van der Waals surface area contributed by atoms with Crippen LogP contribution in [0.4, 0.5) is 5.69 Å². The predicted octanol–water partition coefficient (Wildman–Crippen LogP) is 9.37. The first-order chi connectivity index (χ1) is 20.7. The van der Waals surface area contributed by atoms with Gasteiger partial charge in [0, 0.05) is 23.4 Å². The van der Waals surface area contributed by atoms with Gasteiger partial charge in [-0.2, -0.15) is 0 Å². The molecular formula is C37H42N4OS. The van der Waals surface area contributed by atoms with Crippen molar-refractivity contribution < 1.29 is 4.74 Å². The minimum atomic E-state index is 0.372. The third-order valence-electron chi connectivity index (χ3n) is 8.60. The van der Waals surface area contributed by atoms with Crippen molar-refractivity contribution in [3.05, 3.63) is 106 Å². The van der Waals surface area contributed by atoms with Gasteiger partial charge >= 0.3 is 0 Å². The van der Waals surface area contributed by atoms with E-state index < -0.39 is 0 Å². The summed E-state index contributed by atoms with van der Waals surface area (Å²) in [5, 5.41) is 8.89. The normalized spacial score (nSPS) is 13.1. The van der Waals surface area contributed by atoms with Gasteiger partial charge in [0.05, 0.1) is 0 Å². The van der Waals surface area contributed by atoms with E-state index in [1.165, 1.54) is 38.9 Å². The van der Waals surface area contributed by atoms with Gasteiger partial charge in [-0.05, 0) is 79.3 Å². The van der Waals surface area contributed by atoms with E-state index in [1.54, 1.807) is 0 Å². The average Bonchev–Trinajstić information content (AvgIpc) is 3.38. The molecule has 1 N–H and O–H groups in total. The molecule has 5 nitrogen and oxygen atoms in total. The fraction of sp³-hybridized carbons (Fsp3) is 0.351. The molecule has 43 heavy (non-hydrogen) atoms. The number of thiocarbonyl (C=S) groups is 1. The highest BCUT2D eigenvalue weighted by molar-refractivity contribution is 7.81. The van der Waals surface area contributed by atoms with Crippen LogP contribution in [0.15, 0.2) is 66.7 Å². The summed E-state index contributed by atoms with van der Waals surface area (Å²) in [4.78, 5) is 0.684. The van der Waals surface area contributed by atoms with Crippen LogP contribution in [0.25, 0.3) is 16.8 Å². The van der Waals surface area contributed by atoms with Gasteiger partial charge in [-0.15, -0.1) is 5.10 Å².